The largest absolute Gasteiger partial charge is 0.367 e. The van der Waals surface area contributed by atoms with Gasteiger partial charge in [-0.25, -0.2) is 4.98 Å². The molecule has 1 heterocycles. The first kappa shape index (κ1) is 17.7. The second kappa shape index (κ2) is 8.84. The van der Waals surface area contributed by atoms with E-state index in [4.69, 9.17) is 9.97 Å². The maximum Gasteiger partial charge on any atom is 0.227 e. The highest BCUT2D eigenvalue weighted by Gasteiger charge is 2.15. The molecule has 2 aromatic rings. The molecule has 1 aliphatic rings. The summed E-state index contributed by atoms with van der Waals surface area (Å²) in [6.45, 7) is 6.14. The Balaban J connectivity index is 1.91. The fourth-order valence-corrected chi connectivity index (χ4v) is 3.55. The normalized spacial score (nSPS) is 15.6. The van der Waals surface area contributed by atoms with Gasteiger partial charge in [-0.05, 0) is 26.7 Å². The van der Waals surface area contributed by atoms with Crippen molar-refractivity contribution in [2.24, 2.45) is 0 Å². The molecule has 0 radical (unpaired) electrons. The quantitative estimate of drug-likeness (QED) is 0.742. The number of aromatic nitrogens is 2. The van der Waals surface area contributed by atoms with E-state index in [-0.39, 0.29) is 0 Å². The summed E-state index contributed by atoms with van der Waals surface area (Å²) in [4.78, 5) is 11.9. The second-order valence-corrected chi connectivity index (χ2v) is 6.81. The molecule has 4 nitrogen and oxygen atoms in total. The average Bonchev–Trinajstić information content (AvgIpc) is 2.92. The molecule has 134 valence electrons. The molecule has 1 aliphatic carbocycles. The summed E-state index contributed by atoms with van der Waals surface area (Å²) in [6.07, 6.45) is 7.84. The summed E-state index contributed by atoms with van der Waals surface area (Å²) < 4.78 is 0. The van der Waals surface area contributed by atoms with Crippen LogP contribution in [-0.4, -0.2) is 29.1 Å². The van der Waals surface area contributed by atoms with E-state index in [0.717, 1.165) is 36.1 Å². The minimum atomic E-state index is 0.533. The van der Waals surface area contributed by atoms with E-state index >= 15 is 0 Å². The van der Waals surface area contributed by atoms with Gasteiger partial charge >= 0.3 is 0 Å². The Morgan fingerprint density at radius 3 is 2.28 bits per heavy atom. The van der Waals surface area contributed by atoms with E-state index < -0.39 is 0 Å². The Hall–Kier alpha value is -2.10. The molecule has 1 saturated carbocycles. The molecule has 1 aromatic heterocycles. The lowest BCUT2D eigenvalue weighted by molar-refractivity contribution is 0.617. The van der Waals surface area contributed by atoms with Gasteiger partial charge in [-0.2, -0.15) is 4.98 Å². The van der Waals surface area contributed by atoms with Crippen molar-refractivity contribution in [1.82, 2.24) is 9.97 Å². The van der Waals surface area contributed by atoms with Crippen molar-refractivity contribution in [3.8, 4) is 11.3 Å². The Labute approximate surface area is 151 Å². The van der Waals surface area contributed by atoms with Gasteiger partial charge in [-0.1, -0.05) is 56.0 Å². The predicted octanol–water partition coefficient (Wildman–Crippen LogP) is 5.12. The maximum atomic E-state index is 4.83. The summed E-state index contributed by atoms with van der Waals surface area (Å²) in [5.74, 6) is 1.78. The fourth-order valence-electron chi connectivity index (χ4n) is 3.55. The van der Waals surface area contributed by atoms with Crippen LogP contribution in [0.3, 0.4) is 0 Å². The van der Waals surface area contributed by atoms with Crippen molar-refractivity contribution in [3.05, 3.63) is 36.4 Å². The molecule has 0 bridgehead atoms. The van der Waals surface area contributed by atoms with Gasteiger partial charge in [0.25, 0.3) is 0 Å². The highest BCUT2D eigenvalue weighted by Crippen LogP contribution is 2.25. The van der Waals surface area contributed by atoms with Gasteiger partial charge in [0.1, 0.15) is 5.82 Å². The number of hydrogen-bond donors (Lipinski definition) is 1. The Morgan fingerprint density at radius 1 is 0.960 bits per heavy atom. The molecule has 0 aliphatic heterocycles. The molecule has 25 heavy (non-hydrogen) atoms. The molecule has 1 N–H and O–H groups in total. The summed E-state index contributed by atoms with van der Waals surface area (Å²) in [6, 6.07) is 13.0. The molecule has 0 spiro atoms. The molecular weight excluding hydrogens is 308 g/mol. The Morgan fingerprint density at radius 2 is 1.64 bits per heavy atom. The van der Waals surface area contributed by atoms with E-state index in [1.807, 2.05) is 6.07 Å². The van der Waals surface area contributed by atoms with E-state index in [0.29, 0.717) is 6.04 Å². The molecule has 1 fully saturated rings. The van der Waals surface area contributed by atoms with Crippen LogP contribution in [0.1, 0.15) is 52.4 Å². The predicted molar refractivity (Wildman–Crippen MR) is 106 cm³/mol. The molecule has 0 amide bonds. The van der Waals surface area contributed by atoms with Crippen LogP contribution in [0.15, 0.2) is 36.4 Å². The monoisotopic (exact) mass is 338 g/mol. The first-order valence-corrected chi connectivity index (χ1v) is 9.76. The van der Waals surface area contributed by atoms with Crippen molar-refractivity contribution in [3.63, 3.8) is 0 Å². The SMILES string of the molecule is CCN(CC)c1nc(NC2CCCCCC2)cc(-c2ccccc2)n1. The van der Waals surface area contributed by atoms with E-state index in [9.17, 15) is 0 Å². The summed E-state index contributed by atoms with van der Waals surface area (Å²) in [5, 5.41) is 3.70. The van der Waals surface area contributed by atoms with Gasteiger partial charge in [-0.3, -0.25) is 0 Å². The Bertz CT molecular complexity index is 644. The van der Waals surface area contributed by atoms with E-state index in [1.165, 1.54) is 38.5 Å². The number of anilines is 2. The van der Waals surface area contributed by atoms with Gasteiger partial charge in [0.05, 0.1) is 5.69 Å². The first-order valence-electron chi connectivity index (χ1n) is 9.76. The summed E-state index contributed by atoms with van der Waals surface area (Å²) in [7, 11) is 0. The van der Waals surface area contributed by atoms with Crippen LogP contribution in [0.25, 0.3) is 11.3 Å². The lowest BCUT2D eigenvalue weighted by atomic mass is 10.1. The standard InChI is InChI=1S/C21H30N4/c1-3-25(4-2)21-23-19(17-12-8-7-9-13-17)16-20(24-21)22-18-14-10-5-6-11-15-18/h7-9,12-13,16,18H,3-6,10-11,14-15H2,1-2H3,(H,22,23,24). The van der Waals surface area contributed by atoms with Gasteiger partial charge in [0, 0.05) is 30.8 Å². The zero-order chi connectivity index (χ0) is 17.5. The van der Waals surface area contributed by atoms with E-state index in [1.54, 1.807) is 0 Å². The topological polar surface area (TPSA) is 41.1 Å². The number of rotatable bonds is 6. The fraction of sp³-hybridized carbons (Fsp3) is 0.524. The molecule has 0 unspecified atom stereocenters. The number of benzene rings is 1. The van der Waals surface area contributed by atoms with Gasteiger partial charge in [0.15, 0.2) is 0 Å². The zero-order valence-electron chi connectivity index (χ0n) is 15.5. The first-order chi connectivity index (χ1) is 12.3. The van der Waals surface area contributed by atoms with Gasteiger partial charge in [-0.15, -0.1) is 0 Å². The molecular formula is C21H30N4. The van der Waals surface area contributed by atoms with Crippen molar-refractivity contribution >= 4 is 11.8 Å². The van der Waals surface area contributed by atoms with Crippen LogP contribution < -0.4 is 10.2 Å². The van der Waals surface area contributed by atoms with Gasteiger partial charge < -0.3 is 10.2 Å². The smallest absolute Gasteiger partial charge is 0.227 e. The number of nitrogens with one attached hydrogen (secondary N) is 1. The van der Waals surface area contributed by atoms with Crippen LogP contribution >= 0.6 is 0 Å². The molecule has 3 rings (SSSR count). The van der Waals surface area contributed by atoms with Crippen LogP contribution in [0.4, 0.5) is 11.8 Å². The van der Waals surface area contributed by atoms with Crippen molar-refractivity contribution < 1.29 is 0 Å². The highest BCUT2D eigenvalue weighted by atomic mass is 15.3. The lowest BCUT2D eigenvalue weighted by Gasteiger charge is -2.22. The van der Waals surface area contributed by atoms with Gasteiger partial charge in [0.2, 0.25) is 5.95 Å². The number of nitrogens with zero attached hydrogens (tertiary/aromatic N) is 3. The third-order valence-corrected chi connectivity index (χ3v) is 5.04. The molecule has 1 aromatic carbocycles. The van der Waals surface area contributed by atoms with E-state index in [2.05, 4.69) is 54.4 Å². The number of hydrogen-bond acceptors (Lipinski definition) is 4. The minimum absolute atomic E-state index is 0.533. The second-order valence-electron chi connectivity index (χ2n) is 6.81. The summed E-state index contributed by atoms with van der Waals surface area (Å²) >= 11 is 0. The third kappa shape index (κ3) is 4.71. The zero-order valence-corrected chi connectivity index (χ0v) is 15.5. The van der Waals surface area contributed by atoms with Crippen LogP contribution in [0, 0.1) is 0 Å². The van der Waals surface area contributed by atoms with Crippen molar-refractivity contribution in [2.75, 3.05) is 23.3 Å². The molecule has 0 atom stereocenters. The lowest BCUT2D eigenvalue weighted by Crippen LogP contribution is -2.26. The molecule has 4 heteroatoms. The van der Waals surface area contributed by atoms with Crippen molar-refractivity contribution in [2.45, 2.75) is 58.4 Å². The molecule has 0 saturated heterocycles. The van der Waals surface area contributed by atoms with Crippen LogP contribution in [-0.2, 0) is 0 Å². The average molecular weight is 338 g/mol. The highest BCUT2D eigenvalue weighted by molar-refractivity contribution is 5.64. The Kier molecular flexibility index (Phi) is 6.26. The summed E-state index contributed by atoms with van der Waals surface area (Å²) in [5.41, 5.74) is 2.14. The maximum absolute atomic E-state index is 4.83. The third-order valence-electron chi connectivity index (χ3n) is 5.04. The van der Waals surface area contributed by atoms with Crippen LogP contribution in [0.2, 0.25) is 0 Å². The van der Waals surface area contributed by atoms with Crippen molar-refractivity contribution in [1.29, 1.82) is 0 Å². The van der Waals surface area contributed by atoms with Crippen LogP contribution in [0.5, 0.6) is 0 Å². The minimum Gasteiger partial charge on any atom is -0.367 e.